The number of thioether (sulfide) groups is 1. The number of hydrogen-bond donors (Lipinski definition) is 0. The van der Waals surface area contributed by atoms with Gasteiger partial charge in [0, 0.05) is 28.8 Å². The molecule has 1 aliphatic heterocycles. The second-order valence-corrected chi connectivity index (χ2v) is 12.9. The molecule has 1 amide bonds. The number of thiophene rings is 1. The number of likely N-dealkylation sites (tertiary alicyclic amines) is 1. The Morgan fingerprint density at radius 1 is 1.16 bits per heavy atom. The third kappa shape index (κ3) is 4.39. The average molecular weight is 458 g/mol. The summed E-state index contributed by atoms with van der Waals surface area (Å²) in [5.41, 5.74) is 1.82. The van der Waals surface area contributed by atoms with Crippen molar-refractivity contribution in [3.05, 3.63) is 16.3 Å². The van der Waals surface area contributed by atoms with Gasteiger partial charge in [-0.1, -0.05) is 32.5 Å². The van der Waals surface area contributed by atoms with Crippen LogP contribution in [0, 0.1) is 11.3 Å². The lowest BCUT2D eigenvalue weighted by Crippen LogP contribution is -2.42. The minimum absolute atomic E-state index is 0.272. The van der Waals surface area contributed by atoms with E-state index in [0.29, 0.717) is 23.1 Å². The molecule has 4 nitrogen and oxygen atoms in total. The van der Waals surface area contributed by atoms with Crippen LogP contribution in [0.5, 0.6) is 0 Å². The van der Waals surface area contributed by atoms with E-state index in [4.69, 9.17) is 9.97 Å². The first-order chi connectivity index (χ1) is 14.8. The van der Waals surface area contributed by atoms with Gasteiger partial charge < -0.3 is 4.90 Å². The van der Waals surface area contributed by atoms with E-state index in [1.807, 2.05) is 11.3 Å². The summed E-state index contributed by atoms with van der Waals surface area (Å²) in [6, 6.07) is 0.373. The number of rotatable bonds is 4. The number of nitrogens with zero attached hydrogens (tertiary/aromatic N) is 3. The Kier molecular flexibility index (Phi) is 5.83. The van der Waals surface area contributed by atoms with Crippen LogP contribution >= 0.6 is 23.1 Å². The summed E-state index contributed by atoms with van der Waals surface area (Å²) in [6.07, 6.45) is 9.44. The molecule has 2 aromatic rings. The first kappa shape index (κ1) is 21.7. The molecule has 5 rings (SSSR count). The summed E-state index contributed by atoms with van der Waals surface area (Å²) in [6.45, 7) is 10.2. The molecule has 0 N–H and O–H groups in total. The Labute approximate surface area is 194 Å². The molecule has 6 heteroatoms. The predicted molar refractivity (Wildman–Crippen MR) is 130 cm³/mol. The van der Waals surface area contributed by atoms with Crippen LogP contribution in [0.25, 0.3) is 10.2 Å². The van der Waals surface area contributed by atoms with Crippen molar-refractivity contribution in [3.63, 3.8) is 0 Å². The van der Waals surface area contributed by atoms with Crippen molar-refractivity contribution in [2.75, 3.05) is 12.3 Å². The zero-order chi connectivity index (χ0) is 21.8. The lowest BCUT2D eigenvalue weighted by molar-refractivity contribution is -0.131. The van der Waals surface area contributed by atoms with E-state index in [1.54, 1.807) is 11.8 Å². The third-order valence-corrected chi connectivity index (χ3v) is 9.62. The van der Waals surface area contributed by atoms with Gasteiger partial charge in [-0.15, -0.1) is 11.3 Å². The zero-order valence-electron chi connectivity index (χ0n) is 19.4. The quantitative estimate of drug-likeness (QED) is 0.404. The minimum atomic E-state index is 0.272. The van der Waals surface area contributed by atoms with Crippen LogP contribution in [0.4, 0.5) is 0 Å². The van der Waals surface area contributed by atoms with Gasteiger partial charge in [-0.2, -0.15) is 0 Å². The van der Waals surface area contributed by atoms with Crippen molar-refractivity contribution in [1.29, 1.82) is 0 Å². The Hall–Kier alpha value is -1.14. The Balaban J connectivity index is 1.44. The van der Waals surface area contributed by atoms with Crippen LogP contribution in [0.3, 0.4) is 0 Å². The van der Waals surface area contributed by atoms with Crippen LogP contribution in [-0.2, 0) is 17.6 Å². The summed E-state index contributed by atoms with van der Waals surface area (Å²) >= 11 is 3.56. The highest BCUT2D eigenvalue weighted by atomic mass is 32.2. The Bertz CT molecular complexity index is 989. The number of carbonyl (C=O) groups is 1. The normalized spacial score (nSPS) is 24.5. The highest BCUT2D eigenvalue weighted by Gasteiger charge is 2.34. The fraction of sp³-hybridized carbons (Fsp3) is 0.720. The van der Waals surface area contributed by atoms with Crippen molar-refractivity contribution in [2.45, 2.75) is 96.0 Å². The zero-order valence-corrected chi connectivity index (χ0v) is 21.0. The number of carbonyl (C=O) groups excluding carboxylic acids is 1. The van der Waals surface area contributed by atoms with Crippen LogP contribution < -0.4 is 0 Å². The molecule has 0 bridgehead atoms. The molecule has 2 atom stereocenters. The largest absolute Gasteiger partial charge is 0.339 e. The first-order valence-corrected chi connectivity index (χ1v) is 13.9. The SMILES string of the molecule is C[C@@H]1CCCCN1C(=O)CSc1nc(C2CC2)nc2sc3c(c12)CC[C@@H](C(C)(C)C)C3. The molecule has 1 saturated carbocycles. The Morgan fingerprint density at radius 3 is 2.68 bits per heavy atom. The van der Waals surface area contributed by atoms with E-state index in [2.05, 4.69) is 32.6 Å². The molecular formula is C25H35N3OS2. The average Bonchev–Trinajstić information content (AvgIpc) is 3.51. The molecule has 1 saturated heterocycles. The van der Waals surface area contributed by atoms with Gasteiger partial charge in [0.15, 0.2) is 0 Å². The van der Waals surface area contributed by atoms with Gasteiger partial charge in [0.2, 0.25) is 5.91 Å². The molecule has 0 unspecified atom stereocenters. The van der Waals surface area contributed by atoms with E-state index in [9.17, 15) is 4.79 Å². The van der Waals surface area contributed by atoms with Gasteiger partial charge in [-0.25, -0.2) is 9.97 Å². The lowest BCUT2D eigenvalue weighted by atomic mass is 9.72. The summed E-state index contributed by atoms with van der Waals surface area (Å²) in [4.78, 5) is 27.8. The predicted octanol–water partition coefficient (Wildman–Crippen LogP) is 6.21. The van der Waals surface area contributed by atoms with Crippen LogP contribution in [-0.4, -0.2) is 39.1 Å². The van der Waals surface area contributed by atoms with Gasteiger partial charge in [-0.3, -0.25) is 4.79 Å². The second kappa shape index (κ2) is 8.33. The highest BCUT2D eigenvalue weighted by molar-refractivity contribution is 8.00. The van der Waals surface area contributed by atoms with E-state index < -0.39 is 0 Å². The maximum Gasteiger partial charge on any atom is 0.233 e. The van der Waals surface area contributed by atoms with E-state index >= 15 is 0 Å². The number of hydrogen-bond acceptors (Lipinski definition) is 5. The molecule has 0 spiro atoms. The number of aryl methyl sites for hydroxylation is 1. The van der Waals surface area contributed by atoms with Crippen molar-refractivity contribution in [1.82, 2.24) is 14.9 Å². The van der Waals surface area contributed by atoms with Crippen molar-refractivity contribution in [2.24, 2.45) is 11.3 Å². The standard InChI is InChI=1S/C25H35N3OS2/c1-15-7-5-6-12-28(15)20(29)14-30-23-21-18-11-10-17(25(2,3)4)13-19(18)31-24(21)27-22(26-23)16-8-9-16/h15-17H,5-14H2,1-4H3/t15-,17-/m1/s1. The minimum Gasteiger partial charge on any atom is -0.339 e. The topological polar surface area (TPSA) is 46.1 Å². The van der Waals surface area contributed by atoms with Crippen molar-refractivity contribution < 1.29 is 4.79 Å². The van der Waals surface area contributed by atoms with Gasteiger partial charge in [-0.05, 0) is 75.2 Å². The molecule has 2 aromatic heterocycles. The fourth-order valence-electron chi connectivity index (χ4n) is 5.21. The van der Waals surface area contributed by atoms with Gasteiger partial charge in [0.25, 0.3) is 0 Å². The lowest BCUT2D eigenvalue weighted by Gasteiger charge is -2.34. The summed E-state index contributed by atoms with van der Waals surface area (Å²) in [7, 11) is 0. The van der Waals surface area contributed by atoms with Crippen molar-refractivity contribution >= 4 is 39.2 Å². The number of fused-ring (bicyclic) bond motifs is 3. The maximum absolute atomic E-state index is 13.0. The van der Waals surface area contributed by atoms with Crippen LogP contribution in [0.15, 0.2) is 5.03 Å². The molecule has 3 aliphatic rings. The maximum atomic E-state index is 13.0. The smallest absolute Gasteiger partial charge is 0.233 e. The molecule has 2 aliphatic carbocycles. The van der Waals surface area contributed by atoms with E-state index in [1.165, 1.54) is 41.5 Å². The molecule has 31 heavy (non-hydrogen) atoms. The molecule has 3 heterocycles. The molecule has 0 aromatic carbocycles. The van der Waals surface area contributed by atoms with Gasteiger partial charge >= 0.3 is 0 Å². The van der Waals surface area contributed by atoms with Crippen LogP contribution in [0.2, 0.25) is 0 Å². The number of amides is 1. The third-order valence-electron chi connectivity index (χ3n) is 7.52. The second-order valence-electron chi connectivity index (χ2n) is 10.9. The Morgan fingerprint density at radius 2 is 1.97 bits per heavy atom. The van der Waals surface area contributed by atoms with E-state index in [0.717, 1.165) is 53.8 Å². The van der Waals surface area contributed by atoms with Gasteiger partial charge in [0.05, 0.1) is 5.75 Å². The van der Waals surface area contributed by atoms with Crippen LogP contribution in [0.1, 0.15) is 88.4 Å². The number of aromatic nitrogens is 2. The van der Waals surface area contributed by atoms with Gasteiger partial charge in [0.1, 0.15) is 15.7 Å². The number of piperidine rings is 1. The molecule has 2 fully saturated rings. The molecule has 168 valence electrons. The van der Waals surface area contributed by atoms with Crippen molar-refractivity contribution in [3.8, 4) is 0 Å². The monoisotopic (exact) mass is 457 g/mol. The fourth-order valence-corrected chi connectivity index (χ4v) is 7.53. The summed E-state index contributed by atoms with van der Waals surface area (Å²) in [5.74, 6) is 3.04. The highest BCUT2D eigenvalue weighted by Crippen LogP contribution is 2.46. The summed E-state index contributed by atoms with van der Waals surface area (Å²) in [5, 5.41) is 2.33. The first-order valence-electron chi connectivity index (χ1n) is 12.1. The summed E-state index contributed by atoms with van der Waals surface area (Å²) < 4.78 is 0. The molecule has 0 radical (unpaired) electrons. The van der Waals surface area contributed by atoms with E-state index in [-0.39, 0.29) is 5.91 Å². The molecular weight excluding hydrogens is 422 g/mol.